The molecule has 0 aliphatic carbocycles. The van der Waals surface area contributed by atoms with Crippen LogP contribution < -0.4 is 10.3 Å². The Labute approximate surface area is 209 Å². The van der Waals surface area contributed by atoms with Gasteiger partial charge in [0.25, 0.3) is 5.56 Å². The molecular formula is C27H30N4O5. The minimum Gasteiger partial charge on any atom is -0.489 e. The van der Waals surface area contributed by atoms with Crippen LogP contribution in [0.3, 0.4) is 0 Å². The summed E-state index contributed by atoms with van der Waals surface area (Å²) in [5, 5.41) is 8.22. The fourth-order valence-electron chi connectivity index (χ4n) is 4.11. The summed E-state index contributed by atoms with van der Waals surface area (Å²) >= 11 is 0. The van der Waals surface area contributed by atoms with Gasteiger partial charge in [-0.3, -0.25) is 14.4 Å². The summed E-state index contributed by atoms with van der Waals surface area (Å²) in [5.41, 5.74) is 1.64. The van der Waals surface area contributed by atoms with Crippen LogP contribution in [0.1, 0.15) is 37.4 Å². The molecule has 2 aromatic carbocycles. The molecule has 4 rings (SSSR count). The molecule has 1 amide bonds. The van der Waals surface area contributed by atoms with E-state index in [1.807, 2.05) is 54.6 Å². The van der Waals surface area contributed by atoms with Crippen LogP contribution in [0, 0.1) is 5.92 Å². The topological polar surface area (TPSA) is 114 Å². The number of nitrogens with one attached hydrogen (secondary N) is 1. The van der Waals surface area contributed by atoms with Crippen molar-refractivity contribution in [2.24, 2.45) is 5.92 Å². The molecule has 0 radical (unpaired) electrons. The van der Waals surface area contributed by atoms with Crippen molar-refractivity contribution < 1.29 is 19.1 Å². The lowest BCUT2D eigenvalue weighted by molar-refractivity contribution is -0.151. The maximum absolute atomic E-state index is 12.6. The number of likely N-dealkylation sites (tertiary alicyclic amines) is 1. The second kappa shape index (κ2) is 12.1. The molecule has 0 atom stereocenters. The smallest absolute Gasteiger partial charge is 0.309 e. The first-order valence-electron chi connectivity index (χ1n) is 12.2. The van der Waals surface area contributed by atoms with Gasteiger partial charge in [-0.2, -0.15) is 0 Å². The SMILES string of the molecule is CCOC(=O)C1CCN(C(=O)CCc2nnc(-c3ccc(OCc4ccccc4)cc3)[nH]c2=O)CC1. The van der Waals surface area contributed by atoms with Gasteiger partial charge in [0.05, 0.1) is 12.5 Å². The first-order valence-corrected chi connectivity index (χ1v) is 12.2. The number of carbonyl (C=O) groups is 2. The number of ether oxygens (including phenoxy) is 2. The van der Waals surface area contributed by atoms with E-state index < -0.39 is 0 Å². The Bertz CT molecular complexity index is 1220. The third-order valence-electron chi connectivity index (χ3n) is 6.18. The molecule has 188 valence electrons. The van der Waals surface area contributed by atoms with E-state index in [4.69, 9.17) is 9.47 Å². The number of aryl methyl sites for hydroxylation is 1. The average Bonchev–Trinajstić information content (AvgIpc) is 2.92. The molecular weight excluding hydrogens is 460 g/mol. The number of aromatic amines is 1. The number of hydrogen-bond acceptors (Lipinski definition) is 7. The number of hydrogen-bond donors (Lipinski definition) is 1. The average molecular weight is 491 g/mol. The van der Waals surface area contributed by atoms with Gasteiger partial charge < -0.3 is 19.4 Å². The van der Waals surface area contributed by atoms with Gasteiger partial charge in [0.15, 0.2) is 5.82 Å². The molecule has 2 heterocycles. The lowest BCUT2D eigenvalue weighted by Gasteiger charge is -2.30. The molecule has 1 aromatic heterocycles. The predicted octanol–water partition coefficient (Wildman–Crippen LogP) is 3.15. The molecule has 9 heteroatoms. The molecule has 1 aliphatic heterocycles. The largest absolute Gasteiger partial charge is 0.489 e. The summed E-state index contributed by atoms with van der Waals surface area (Å²) in [4.78, 5) is 41.5. The van der Waals surface area contributed by atoms with Crippen LogP contribution in [0.5, 0.6) is 5.75 Å². The zero-order valence-corrected chi connectivity index (χ0v) is 20.3. The van der Waals surface area contributed by atoms with E-state index in [0.29, 0.717) is 56.3 Å². The van der Waals surface area contributed by atoms with E-state index in [-0.39, 0.29) is 41.9 Å². The fourth-order valence-corrected chi connectivity index (χ4v) is 4.11. The quantitative estimate of drug-likeness (QED) is 0.458. The Morgan fingerprint density at radius 2 is 1.75 bits per heavy atom. The van der Waals surface area contributed by atoms with Gasteiger partial charge in [0.1, 0.15) is 18.1 Å². The van der Waals surface area contributed by atoms with Crippen LogP contribution in [0.15, 0.2) is 59.4 Å². The summed E-state index contributed by atoms with van der Waals surface area (Å²) in [6.07, 6.45) is 1.55. The Hall–Kier alpha value is -4.01. The van der Waals surface area contributed by atoms with Crippen molar-refractivity contribution in [3.63, 3.8) is 0 Å². The molecule has 1 aliphatic rings. The molecule has 0 spiro atoms. The van der Waals surface area contributed by atoms with Crippen LogP contribution in [0.4, 0.5) is 0 Å². The van der Waals surface area contributed by atoms with Crippen molar-refractivity contribution in [2.75, 3.05) is 19.7 Å². The van der Waals surface area contributed by atoms with E-state index in [1.165, 1.54) is 0 Å². The van der Waals surface area contributed by atoms with E-state index in [2.05, 4.69) is 15.2 Å². The van der Waals surface area contributed by atoms with Crippen molar-refractivity contribution in [3.8, 4) is 17.1 Å². The van der Waals surface area contributed by atoms with Crippen LogP contribution >= 0.6 is 0 Å². The van der Waals surface area contributed by atoms with Crippen LogP contribution in [0.25, 0.3) is 11.4 Å². The number of piperidine rings is 1. The monoisotopic (exact) mass is 490 g/mol. The van der Waals surface area contributed by atoms with Crippen molar-refractivity contribution in [1.29, 1.82) is 0 Å². The van der Waals surface area contributed by atoms with Crippen molar-refractivity contribution in [1.82, 2.24) is 20.1 Å². The van der Waals surface area contributed by atoms with Gasteiger partial charge in [0, 0.05) is 31.5 Å². The highest BCUT2D eigenvalue weighted by Crippen LogP contribution is 2.21. The predicted molar refractivity (Wildman–Crippen MR) is 133 cm³/mol. The van der Waals surface area contributed by atoms with Crippen molar-refractivity contribution >= 4 is 11.9 Å². The summed E-state index contributed by atoms with van der Waals surface area (Å²) in [7, 11) is 0. The highest BCUT2D eigenvalue weighted by atomic mass is 16.5. The second-order valence-electron chi connectivity index (χ2n) is 8.66. The lowest BCUT2D eigenvalue weighted by Crippen LogP contribution is -2.40. The van der Waals surface area contributed by atoms with E-state index in [0.717, 1.165) is 5.56 Å². The first-order chi connectivity index (χ1) is 17.5. The molecule has 1 saturated heterocycles. The van der Waals surface area contributed by atoms with E-state index >= 15 is 0 Å². The minimum absolute atomic E-state index is 0.0614. The summed E-state index contributed by atoms with van der Waals surface area (Å²) in [6, 6.07) is 17.1. The number of benzene rings is 2. The zero-order chi connectivity index (χ0) is 25.3. The van der Waals surface area contributed by atoms with Crippen LogP contribution in [0.2, 0.25) is 0 Å². The van der Waals surface area contributed by atoms with Gasteiger partial charge in [-0.25, -0.2) is 0 Å². The number of aromatic nitrogens is 3. The Morgan fingerprint density at radius 3 is 2.42 bits per heavy atom. The normalized spacial score (nSPS) is 13.9. The molecule has 0 saturated carbocycles. The summed E-state index contributed by atoms with van der Waals surface area (Å²) < 4.78 is 10.9. The van der Waals surface area contributed by atoms with Gasteiger partial charge in [-0.15, -0.1) is 10.2 Å². The lowest BCUT2D eigenvalue weighted by atomic mass is 9.96. The summed E-state index contributed by atoms with van der Waals surface area (Å²) in [5.74, 6) is 0.652. The molecule has 1 fully saturated rings. The molecule has 3 aromatic rings. The van der Waals surface area contributed by atoms with Crippen LogP contribution in [-0.2, 0) is 27.4 Å². The second-order valence-corrected chi connectivity index (χ2v) is 8.66. The number of esters is 1. The van der Waals surface area contributed by atoms with E-state index in [1.54, 1.807) is 11.8 Å². The Morgan fingerprint density at radius 1 is 1.03 bits per heavy atom. The standard InChI is InChI=1S/C27H30N4O5/c1-2-35-27(34)21-14-16-31(17-15-21)24(32)13-12-23-26(33)28-25(30-29-23)20-8-10-22(11-9-20)36-18-19-6-4-3-5-7-19/h3-11,21H,2,12-18H2,1H3,(H,28,30,33). The molecule has 1 N–H and O–H groups in total. The summed E-state index contributed by atoms with van der Waals surface area (Å²) in [6.45, 7) is 3.63. The van der Waals surface area contributed by atoms with Crippen molar-refractivity contribution in [2.45, 2.75) is 39.2 Å². The minimum atomic E-state index is -0.363. The Balaban J connectivity index is 1.28. The first kappa shape index (κ1) is 25.1. The number of amides is 1. The van der Waals surface area contributed by atoms with Gasteiger partial charge >= 0.3 is 5.97 Å². The van der Waals surface area contributed by atoms with Crippen molar-refractivity contribution in [3.05, 3.63) is 76.2 Å². The number of nitrogens with zero attached hydrogens (tertiary/aromatic N) is 3. The zero-order valence-electron chi connectivity index (χ0n) is 20.3. The van der Waals surface area contributed by atoms with Gasteiger partial charge in [0.2, 0.25) is 5.91 Å². The number of carbonyl (C=O) groups excluding carboxylic acids is 2. The van der Waals surface area contributed by atoms with Gasteiger partial charge in [-0.05, 0) is 49.6 Å². The number of H-pyrrole nitrogens is 1. The maximum Gasteiger partial charge on any atom is 0.309 e. The third-order valence-corrected chi connectivity index (χ3v) is 6.18. The molecule has 36 heavy (non-hydrogen) atoms. The third kappa shape index (κ3) is 6.56. The van der Waals surface area contributed by atoms with E-state index in [9.17, 15) is 14.4 Å². The molecule has 0 bridgehead atoms. The van der Waals surface area contributed by atoms with Gasteiger partial charge in [-0.1, -0.05) is 30.3 Å². The Kier molecular flexibility index (Phi) is 8.44. The highest BCUT2D eigenvalue weighted by Gasteiger charge is 2.28. The highest BCUT2D eigenvalue weighted by molar-refractivity contribution is 5.77. The fraction of sp³-hybridized carbons (Fsp3) is 0.370. The molecule has 9 nitrogen and oxygen atoms in total. The molecule has 0 unspecified atom stereocenters. The maximum atomic E-state index is 12.6. The number of rotatable bonds is 9. The van der Waals surface area contributed by atoms with Crippen LogP contribution in [-0.4, -0.2) is 51.7 Å².